The van der Waals surface area contributed by atoms with Gasteiger partial charge in [0.25, 0.3) is 0 Å². The summed E-state index contributed by atoms with van der Waals surface area (Å²) in [7, 11) is 1.96. The topological polar surface area (TPSA) is 48.3 Å². The second-order valence-electron chi connectivity index (χ2n) is 4.11. The lowest BCUT2D eigenvalue weighted by molar-refractivity contribution is -0.137. The fourth-order valence-electron chi connectivity index (χ4n) is 1.75. The van der Waals surface area contributed by atoms with E-state index < -0.39 is 0 Å². The molecule has 1 fully saturated rings. The molecule has 1 atom stereocenters. The highest BCUT2D eigenvalue weighted by Crippen LogP contribution is 2.07. The number of aromatic nitrogens is 2. The number of hydrogen-bond donors (Lipinski definition) is 1. The first-order valence-electron chi connectivity index (χ1n) is 5.65. The third-order valence-electron chi connectivity index (χ3n) is 3.00. The fraction of sp³-hybridized carbons (Fsp3) is 0.727. The Balaban J connectivity index is 1.73. The molecule has 0 radical (unpaired) electrons. The second-order valence-corrected chi connectivity index (χ2v) is 4.11. The number of nitrogens with one attached hydrogen (secondary N) is 1. The SMILES string of the molecule is Cc1c(CNCC2CCOCO2)cnn1C. The van der Waals surface area contributed by atoms with Gasteiger partial charge in [-0.25, -0.2) is 0 Å². The van der Waals surface area contributed by atoms with Crippen LogP contribution in [0, 0.1) is 6.92 Å². The molecule has 90 valence electrons. The van der Waals surface area contributed by atoms with E-state index in [1.54, 1.807) is 0 Å². The molecule has 0 spiro atoms. The zero-order valence-electron chi connectivity index (χ0n) is 9.90. The Labute approximate surface area is 95.7 Å². The van der Waals surface area contributed by atoms with Gasteiger partial charge in [-0.2, -0.15) is 5.10 Å². The van der Waals surface area contributed by atoms with Crippen LogP contribution in [0.25, 0.3) is 0 Å². The van der Waals surface area contributed by atoms with Gasteiger partial charge in [0.2, 0.25) is 0 Å². The van der Waals surface area contributed by atoms with Gasteiger partial charge in [0.05, 0.1) is 18.9 Å². The molecule has 1 aliphatic heterocycles. The fourth-order valence-corrected chi connectivity index (χ4v) is 1.75. The quantitative estimate of drug-likeness (QED) is 0.814. The van der Waals surface area contributed by atoms with Crippen LogP contribution in [0.1, 0.15) is 17.7 Å². The predicted octanol–water partition coefficient (Wildman–Crippen LogP) is 0.581. The molecule has 0 amide bonds. The molecule has 1 aliphatic rings. The third kappa shape index (κ3) is 2.81. The number of nitrogens with zero attached hydrogens (tertiary/aromatic N) is 2. The van der Waals surface area contributed by atoms with Gasteiger partial charge in [-0.05, 0) is 13.3 Å². The van der Waals surface area contributed by atoms with E-state index in [0.29, 0.717) is 6.79 Å². The molecular formula is C11H19N3O2. The van der Waals surface area contributed by atoms with Crippen LogP contribution < -0.4 is 5.32 Å². The molecule has 2 heterocycles. The summed E-state index contributed by atoms with van der Waals surface area (Å²) in [5.41, 5.74) is 2.45. The second kappa shape index (κ2) is 5.43. The van der Waals surface area contributed by atoms with Gasteiger partial charge in [-0.1, -0.05) is 0 Å². The minimum absolute atomic E-state index is 0.283. The molecular weight excluding hydrogens is 206 g/mol. The van der Waals surface area contributed by atoms with E-state index >= 15 is 0 Å². The summed E-state index contributed by atoms with van der Waals surface area (Å²) >= 11 is 0. The average Bonchev–Trinajstić information content (AvgIpc) is 2.62. The van der Waals surface area contributed by atoms with Gasteiger partial charge >= 0.3 is 0 Å². The number of ether oxygens (including phenoxy) is 2. The van der Waals surface area contributed by atoms with Crippen molar-refractivity contribution >= 4 is 0 Å². The summed E-state index contributed by atoms with van der Waals surface area (Å²) in [6.45, 7) is 5.03. The molecule has 5 heteroatoms. The van der Waals surface area contributed by atoms with E-state index in [-0.39, 0.29) is 6.10 Å². The Kier molecular flexibility index (Phi) is 3.93. The zero-order chi connectivity index (χ0) is 11.4. The highest BCUT2D eigenvalue weighted by molar-refractivity contribution is 5.15. The molecule has 0 aromatic carbocycles. The molecule has 1 aromatic rings. The van der Waals surface area contributed by atoms with Crippen LogP contribution in [0.2, 0.25) is 0 Å². The van der Waals surface area contributed by atoms with Crippen LogP contribution in [0.5, 0.6) is 0 Å². The van der Waals surface area contributed by atoms with Crippen molar-refractivity contribution < 1.29 is 9.47 Å². The standard InChI is InChI=1S/C11H19N3O2/c1-9-10(6-13-14(9)2)5-12-7-11-3-4-15-8-16-11/h6,11-12H,3-5,7-8H2,1-2H3. The van der Waals surface area contributed by atoms with Gasteiger partial charge in [0.15, 0.2) is 0 Å². The van der Waals surface area contributed by atoms with E-state index in [9.17, 15) is 0 Å². The molecule has 1 aromatic heterocycles. The van der Waals surface area contributed by atoms with Gasteiger partial charge in [0.1, 0.15) is 6.79 Å². The Bertz CT molecular complexity index is 332. The zero-order valence-corrected chi connectivity index (χ0v) is 9.90. The molecule has 2 rings (SSSR count). The average molecular weight is 225 g/mol. The van der Waals surface area contributed by atoms with E-state index in [1.807, 2.05) is 17.9 Å². The first-order chi connectivity index (χ1) is 7.77. The smallest absolute Gasteiger partial charge is 0.147 e. The van der Waals surface area contributed by atoms with Crippen molar-refractivity contribution in [1.29, 1.82) is 0 Å². The summed E-state index contributed by atoms with van der Waals surface area (Å²) in [6.07, 6.45) is 3.16. The molecule has 16 heavy (non-hydrogen) atoms. The molecule has 0 aliphatic carbocycles. The van der Waals surface area contributed by atoms with Gasteiger partial charge in [-0.15, -0.1) is 0 Å². The normalized spacial score (nSPS) is 21.2. The summed E-state index contributed by atoms with van der Waals surface area (Å²) in [6, 6.07) is 0. The summed E-state index contributed by atoms with van der Waals surface area (Å²) < 4.78 is 12.5. The molecule has 0 saturated carbocycles. The molecule has 1 saturated heterocycles. The van der Waals surface area contributed by atoms with Crippen molar-refractivity contribution in [3.8, 4) is 0 Å². The predicted molar refractivity (Wildman–Crippen MR) is 60.0 cm³/mol. The van der Waals surface area contributed by atoms with Gasteiger partial charge in [0, 0.05) is 31.4 Å². The Morgan fingerprint density at radius 3 is 3.12 bits per heavy atom. The minimum atomic E-state index is 0.283. The van der Waals surface area contributed by atoms with E-state index in [1.165, 1.54) is 11.3 Å². The largest absolute Gasteiger partial charge is 0.355 e. The maximum atomic E-state index is 5.45. The van der Waals surface area contributed by atoms with E-state index in [0.717, 1.165) is 26.1 Å². The Morgan fingerprint density at radius 1 is 1.62 bits per heavy atom. The monoisotopic (exact) mass is 225 g/mol. The van der Waals surface area contributed by atoms with Crippen molar-refractivity contribution in [2.24, 2.45) is 7.05 Å². The lowest BCUT2D eigenvalue weighted by atomic mass is 10.2. The number of hydrogen-bond acceptors (Lipinski definition) is 4. The van der Waals surface area contributed by atoms with E-state index in [4.69, 9.17) is 9.47 Å². The Hall–Kier alpha value is -0.910. The van der Waals surface area contributed by atoms with Crippen molar-refractivity contribution in [2.45, 2.75) is 26.0 Å². The highest BCUT2D eigenvalue weighted by Gasteiger charge is 2.13. The van der Waals surface area contributed by atoms with Crippen molar-refractivity contribution in [1.82, 2.24) is 15.1 Å². The summed E-state index contributed by atoms with van der Waals surface area (Å²) in [4.78, 5) is 0. The third-order valence-corrected chi connectivity index (χ3v) is 3.00. The van der Waals surface area contributed by atoms with Crippen molar-refractivity contribution in [3.05, 3.63) is 17.5 Å². The lowest BCUT2D eigenvalue weighted by Crippen LogP contribution is -2.33. The van der Waals surface area contributed by atoms with Crippen LogP contribution in [-0.2, 0) is 23.1 Å². The summed E-state index contributed by atoms with van der Waals surface area (Å²) in [5, 5.41) is 7.60. The van der Waals surface area contributed by atoms with Crippen molar-refractivity contribution in [2.75, 3.05) is 19.9 Å². The van der Waals surface area contributed by atoms with Crippen molar-refractivity contribution in [3.63, 3.8) is 0 Å². The van der Waals surface area contributed by atoms with Crippen LogP contribution >= 0.6 is 0 Å². The molecule has 0 bridgehead atoms. The molecule has 1 unspecified atom stereocenters. The van der Waals surface area contributed by atoms with Gasteiger partial charge < -0.3 is 14.8 Å². The minimum Gasteiger partial charge on any atom is -0.355 e. The highest BCUT2D eigenvalue weighted by atomic mass is 16.7. The van der Waals surface area contributed by atoms with Gasteiger partial charge in [-0.3, -0.25) is 4.68 Å². The molecule has 5 nitrogen and oxygen atoms in total. The van der Waals surface area contributed by atoms with Crippen LogP contribution in [0.4, 0.5) is 0 Å². The van der Waals surface area contributed by atoms with Crippen LogP contribution in [0.15, 0.2) is 6.20 Å². The van der Waals surface area contributed by atoms with Crippen LogP contribution in [0.3, 0.4) is 0 Å². The Morgan fingerprint density at radius 2 is 2.50 bits per heavy atom. The maximum Gasteiger partial charge on any atom is 0.147 e. The maximum absolute atomic E-state index is 5.45. The van der Waals surface area contributed by atoms with E-state index in [2.05, 4.69) is 17.3 Å². The van der Waals surface area contributed by atoms with Crippen LogP contribution in [-0.4, -0.2) is 35.8 Å². The summed E-state index contributed by atoms with van der Waals surface area (Å²) in [5.74, 6) is 0. The first kappa shape index (κ1) is 11.6. The number of rotatable bonds is 4. The molecule has 1 N–H and O–H groups in total. The number of aryl methyl sites for hydroxylation is 1. The first-order valence-corrected chi connectivity index (χ1v) is 5.65. The lowest BCUT2D eigenvalue weighted by Gasteiger charge is -2.22.